The Morgan fingerprint density at radius 2 is 1.46 bits per heavy atom. The maximum atomic E-state index is 12.1. The number of hydrogen-bond acceptors (Lipinski definition) is 2. The van der Waals surface area contributed by atoms with E-state index in [0.717, 1.165) is 19.4 Å². The molecule has 3 nitrogen and oxygen atoms in total. The van der Waals surface area contributed by atoms with Gasteiger partial charge < -0.3 is 4.74 Å². The van der Waals surface area contributed by atoms with Crippen molar-refractivity contribution in [1.29, 1.82) is 0 Å². The second kappa shape index (κ2) is 12.2. The number of carbonyl (C=O) groups is 1. The highest BCUT2D eigenvalue weighted by atomic mass is 16.5. The molecule has 1 aromatic carbocycles. The van der Waals surface area contributed by atoms with Gasteiger partial charge in [-0.25, -0.2) is 9.36 Å². The number of esters is 1. The van der Waals surface area contributed by atoms with Crippen LogP contribution in [0.1, 0.15) is 74.2 Å². The van der Waals surface area contributed by atoms with Gasteiger partial charge in [-0.15, -0.1) is 0 Å². The molecule has 0 aliphatic carbocycles. The molecule has 1 heterocycles. The fourth-order valence-electron chi connectivity index (χ4n) is 2.98. The maximum Gasteiger partial charge on any atom is 0.338 e. The molecular formula is C23H32NO2+. The van der Waals surface area contributed by atoms with Gasteiger partial charge in [0.05, 0.1) is 12.2 Å². The van der Waals surface area contributed by atoms with Gasteiger partial charge in [-0.05, 0) is 18.6 Å². The highest BCUT2D eigenvalue weighted by molar-refractivity contribution is 5.89. The van der Waals surface area contributed by atoms with Gasteiger partial charge in [-0.1, -0.05) is 70.1 Å². The third-order valence-electron chi connectivity index (χ3n) is 4.56. The van der Waals surface area contributed by atoms with E-state index in [9.17, 15) is 4.79 Å². The highest BCUT2D eigenvalue weighted by Crippen LogP contribution is 2.10. The lowest BCUT2D eigenvalue weighted by atomic mass is 10.1. The topological polar surface area (TPSA) is 30.2 Å². The molecule has 26 heavy (non-hydrogen) atoms. The van der Waals surface area contributed by atoms with Crippen LogP contribution in [-0.4, -0.2) is 12.6 Å². The predicted molar refractivity (Wildman–Crippen MR) is 105 cm³/mol. The minimum Gasteiger partial charge on any atom is -0.462 e. The molecule has 0 N–H and O–H groups in total. The van der Waals surface area contributed by atoms with Crippen molar-refractivity contribution in [2.45, 2.75) is 64.8 Å². The van der Waals surface area contributed by atoms with Crippen molar-refractivity contribution in [2.75, 3.05) is 6.61 Å². The maximum absolute atomic E-state index is 12.1. The molecule has 0 amide bonds. The second-order valence-corrected chi connectivity index (χ2v) is 6.86. The number of hydrogen-bond donors (Lipinski definition) is 0. The Hall–Kier alpha value is -2.16. The average molecular weight is 355 g/mol. The average Bonchev–Trinajstić information content (AvgIpc) is 2.68. The molecule has 1 aromatic heterocycles. The van der Waals surface area contributed by atoms with Crippen molar-refractivity contribution >= 4 is 5.97 Å². The Kier molecular flexibility index (Phi) is 9.48. The Labute approximate surface area is 158 Å². The smallest absolute Gasteiger partial charge is 0.338 e. The van der Waals surface area contributed by atoms with Crippen LogP contribution in [0.15, 0.2) is 54.9 Å². The monoisotopic (exact) mass is 354 g/mol. The van der Waals surface area contributed by atoms with Gasteiger partial charge >= 0.3 is 5.97 Å². The van der Waals surface area contributed by atoms with Gasteiger partial charge in [-0.3, -0.25) is 0 Å². The Balaban J connectivity index is 1.62. The quantitative estimate of drug-likeness (QED) is 0.293. The van der Waals surface area contributed by atoms with Crippen LogP contribution in [0.5, 0.6) is 0 Å². The molecule has 0 atom stereocenters. The number of unbranched alkanes of at least 4 members (excludes halogenated alkanes) is 7. The van der Waals surface area contributed by atoms with Crippen LogP contribution in [0.25, 0.3) is 0 Å². The van der Waals surface area contributed by atoms with Crippen LogP contribution < -0.4 is 4.57 Å². The predicted octanol–water partition coefficient (Wildman–Crippen LogP) is 5.32. The van der Waals surface area contributed by atoms with Crippen molar-refractivity contribution in [3.8, 4) is 0 Å². The molecule has 0 aliphatic rings. The van der Waals surface area contributed by atoms with Gasteiger partial charge in [0.15, 0.2) is 18.9 Å². The summed E-state index contributed by atoms with van der Waals surface area (Å²) in [4.78, 5) is 12.1. The number of nitrogens with zero attached hydrogens (tertiary/aromatic N) is 1. The largest absolute Gasteiger partial charge is 0.462 e. The standard InChI is InChI=1S/C23H32NO2/c1-2-3-4-5-6-7-8-12-19-26-23(25)22-15-13-21(14-16-22)20-24-17-10-9-11-18-24/h9-11,13-18H,2-8,12,19-20H2,1H3/q+1. The molecular weight excluding hydrogens is 322 g/mol. The van der Waals surface area contributed by atoms with Crippen molar-refractivity contribution in [1.82, 2.24) is 0 Å². The summed E-state index contributed by atoms with van der Waals surface area (Å²) < 4.78 is 7.49. The summed E-state index contributed by atoms with van der Waals surface area (Å²) in [5, 5.41) is 0. The van der Waals surface area contributed by atoms with E-state index >= 15 is 0 Å². The van der Waals surface area contributed by atoms with Crippen LogP contribution in [-0.2, 0) is 11.3 Å². The summed E-state index contributed by atoms with van der Waals surface area (Å²) in [6.07, 6.45) is 14.0. The normalized spacial score (nSPS) is 10.7. The van der Waals surface area contributed by atoms with E-state index in [2.05, 4.69) is 11.5 Å². The number of aromatic nitrogens is 1. The van der Waals surface area contributed by atoms with Crippen LogP contribution in [0.3, 0.4) is 0 Å². The van der Waals surface area contributed by atoms with Gasteiger partial charge in [0, 0.05) is 17.7 Å². The zero-order valence-corrected chi connectivity index (χ0v) is 16.0. The van der Waals surface area contributed by atoms with Gasteiger partial charge in [0.2, 0.25) is 0 Å². The summed E-state index contributed by atoms with van der Waals surface area (Å²) >= 11 is 0. The van der Waals surface area contributed by atoms with E-state index < -0.39 is 0 Å². The molecule has 0 spiro atoms. The molecule has 3 heteroatoms. The first kappa shape index (κ1) is 20.2. The van der Waals surface area contributed by atoms with Gasteiger partial charge in [-0.2, -0.15) is 0 Å². The molecule has 0 bridgehead atoms. The lowest BCUT2D eigenvalue weighted by Crippen LogP contribution is -2.32. The van der Waals surface area contributed by atoms with E-state index in [1.807, 2.05) is 54.9 Å². The molecule has 0 unspecified atom stereocenters. The minimum absolute atomic E-state index is 0.216. The lowest BCUT2D eigenvalue weighted by molar-refractivity contribution is -0.688. The fourth-order valence-corrected chi connectivity index (χ4v) is 2.98. The van der Waals surface area contributed by atoms with Crippen molar-refractivity contribution in [3.63, 3.8) is 0 Å². The Bertz CT molecular complexity index is 622. The van der Waals surface area contributed by atoms with Crippen LogP contribution >= 0.6 is 0 Å². The summed E-state index contributed by atoms with van der Waals surface area (Å²) in [7, 11) is 0. The number of rotatable bonds is 12. The molecule has 0 saturated heterocycles. The molecule has 2 aromatic rings. The summed E-state index contributed by atoms with van der Waals surface area (Å²) in [5.41, 5.74) is 1.80. The molecule has 2 rings (SSSR count). The van der Waals surface area contributed by atoms with Crippen LogP contribution in [0.4, 0.5) is 0 Å². The van der Waals surface area contributed by atoms with E-state index in [1.165, 1.54) is 44.1 Å². The van der Waals surface area contributed by atoms with Gasteiger partial charge in [0.1, 0.15) is 0 Å². The fraction of sp³-hybridized carbons (Fsp3) is 0.478. The Morgan fingerprint density at radius 3 is 2.12 bits per heavy atom. The molecule has 0 aliphatic heterocycles. The first-order valence-electron chi connectivity index (χ1n) is 9.99. The zero-order chi connectivity index (χ0) is 18.5. The summed E-state index contributed by atoms with van der Waals surface area (Å²) in [6, 6.07) is 13.7. The van der Waals surface area contributed by atoms with Gasteiger partial charge in [0.25, 0.3) is 0 Å². The molecule has 140 valence electrons. The lowest BCUT2D eigenvalue weighted by Gasteiger charge is -2.06. The van der Waals surface area contributed by atoms with Crippen molar-refractivity contribution < 1.29 is 14.1 Å². The number of carbonyl (C=O) groups excluding carboxylic acids is 1. The molecule has 0 radical (unpaired) electrons. The first-order valence-corrected chi connectivity index (χ1v) is 9.99. The third-order valence-corrected chi connectivity index (χ3v) is 4.56. The summed E-state index contributed by atoms with van der Waals surface area (Å²) in [5.74, 6) is -0.216. The highest BCUT2D eigenvalue weighted by Gasteiger charge is 2.08. The van der Waals surface area contributed by atoms with E-state index in [4.69, 9.17) is 4.74 Å². The van der Waals surface area contributed by atoms with E-state index in [1.54, 1.807) is 0 Å². The third kappa shape index (κ3) is 7.81. The van der Waals surface area contributed by atoms with Crippen molar-refractivity contribution in [2.24, 2.45) is 0 Å². The van der Waals surface area contributed by atoms with E-state index in [-0.39, 0.29) is 5.97 Å². The number of ether oxygens (including phenoxy) is 1. The minimum atomic E-state index is -0.216. The first-order chi connectivity index (χ1) is 12.8. The Morgan fingerprint density at radius 1 is 0.846 bits per heavy atom. The molecule has 0 saturated carbocycles. The zero-order valence-electron chi connectivity index (χ0n) is 16.0. The second-order valence-electron chi connectivity index (χ2n) is 6.86. The SMILES string of the molecule is CCCCCCCCCCOC(=O)c1ccc(C[n+]2ccccc2)cc1. The number of benzene rings is 1. The van der Waals surface area contributed by atoms with E-state index in [0.29, 0.717) is 12.2 Å². The van der Waals surface area contributed by atoms with Crippen LogP contribution in [0.2, 0.25) is 0 Å². The molecule has 0 fully saturated rings. The summed E-state index contributed by atoms with van der Waals surface area (Å²) in [6.45, 7) is 3.56. The van der Waals surface area contributed by atoms with Crippen molar-refractivity contribution in [3.05, 3.63) is 66.0 Å². The number of pyridine rings is 1. The van der Waals surface area contributed by atoms with Crippen LogP contribution in [0, 0.1) is 0 Å².